The highest BCUT2D eigenvalue weighted by molar-refractivity contribution is 7.99. The summed E-state index contributed by atoms with van der Waals surface area (Å²) in [6, 6.07) is 8.24. The Morgan fingerprint density at radius 2 is 1.93 bits per heavy atom. The Hall–Kier alpha value is -2.32. The zero-order valence-electron chi connectivity index (χ0n) is 16.0. The average Bonchev–Trinajstić information content (AvgIpc) is 3.11. The molecule has 2 bridgehead atoms. The van der Waals surface area contributed by atoms with Gasteiger partial charge in [-0.05, 0) is 63.0 Å². The number of oxazole rings is 1. The van der Waals surface area contributed by atoms with E-state index in [9.17, 15) is 9.59 Å². The number of anilines is 1. The minimum absolute atomic E-state index is 0.0187. The van der Waals surface area contributed by atoms with E-state index >= 15 is 0 Å². The minimum atomic E-state index is -0.230. The molecule has 148 valence electrons. The Bertz CT molecular complexity index is 857. The van der Waals surface area contributed by atoms with Crippen molar-refractivity contribution in [2.75, 3.05) is 18.4 Å². The molecule has 7 nitrogen and oxygen atoms in total. The highest BCUT2D eigenvalue weighted by Gasteiger charge is 2.40. The fourth-order valence-electron chi connectivity index (χ4n) is 4.09. The third-order valence-corrected chi connectivity index (χ3v) is 6.48. The molecule has 0 spiro atoms. The van der Waals surface area contributed by atoms with Crippen LogP contribution in [0, 0.1) is 5.92 Å². The Morgan fingerprint density at radius 3 is 2.57 bits per heavy atom. The van der Waals surface area contributed by atoms with Gasteiger partial charge < -0.3 is 9.73 Å². The summed E-state index contributed by atoms with van der Waals surface area (Å²) in [4.78, 5) is 31.1. The van der Waals surface area contributed by atoms with Crippen LogP contribution in [-0.4, -0.2) is 46.9 Å². The predicted octanol–water partition coefficient (Wildman–Crippen LogP) is 3.00. The van der Waals surface area contributed by atoms with Gasteiger partial charge in [0, 0.05) is 29.5 Å². The molecule has 0 aliphatic carbocycles. The molecule has 3 fully saturated rings. The number of amides is 2. The van der Waals surface area contributed by atoms with Gasteiger partial charge in [-0.3, -0.25) is 19.8 Å². The van der Waals surface area contributed by atoms with Crippen LogP contribution in [0.25, 0.3) is 0 Å². The summed E-state index contributed by atoms with van der Waals surface area (Å²) in [5, 5.41) is 6.32. The number of fused-ring (bicyclic) bond motifs is 3. The van der Waals surface area contributed by atoms with E-state index in [0.717, 1.165) is 18.0 Å². The largest absolute Gasteiger partial charge is 0.416 e. The lowest BCUT2D eigenvalue weighted by Gasteiger charge is -2.49. The minimum Gasteiger partial charge on any atom is -0.416 e. The van der Waals surface area contributed by atoms with Gasteiger partial charge in [0.15, 0.2) is 5.09 Å². The first kappa shape index (κ1) is 19.0. The van der Waals surface area contributed by atoms with Gasteiger partial charge in [-0.2, -0.15) is 0 Å². The molecule has 8 heteroatoms. The quantitative estimate of drug-likeness (QED) is 0.802. The maximum absolute atomic E-state index is 12.7. The summed E-state index contributed by atoms with van der Waals surface area (Å²) < 4.78 is 5.45. The molecule has 2 atom stereocenters. The van der Waals surface area contributed by atoms with E-state index in [4.69, 9.17) is 4.42 Å². The van der Waals surface area contributed by atoms with E-state index in [1.165, 1.54) is 31.5 Å². The number of aromatic nitrogens is 1. The van der Waals surface area contributed by atoms with Crippen molar-refractivity contribution in [2.45, 2.75) is 48.8 Å². The van der Waals surface area contributed by atoms with Crippen molar-refractivity contribution in [3.05, 3.63) is 36.0 Å². The molecule has 1 aromatic heterocycles. The summed E-state index contributed by atoms with van der Waals surface area (Å²) in [5.41, 5.74) is 0.657. The first-order valence-corrected chi connectivity index (χ1v) is 10.4. The number of piperidine rings is 3. The van der Waals surface area contributed by atoms with Crippen molar-refractivity contribution in [3.63, 3.8) is 0 Å². The van der Waals surface area contributed by atoms with Gasteiger partial charge >= 0.3 is 6.01 Å². The summed E-state index contributed by atoms with van der Waals surface area (Å²) in [5.74, 6) is 0.337. The van der Waals surface area contributed by atoms with Crippen LogP contribution in [0.3, 0.4) is 0 Å². The normalized spacial score (nSPS) is 26.1. The Morgan fingerprint density at radius 1 is 1.21 bits per heavy atom. The van der Waals surface area contributed by atoms with Crippen molar-refractivity contribution < 1.29 is 14.0 Å². The van der Waals surface area contributed by atoms with E-state index < -0.39 is 0 Å². The molecule has 28 heavy (non-hydrogen) atoms. The third-order valence-electron chi connectivity index (χ3n) is 5.58. The molecule has 2 N–H and O–H groups in total. The van der Waals surface area contributed by atoms with E-state index in [2.05, 4.69) is 27.4 Å². The number of benzene rings is 1. The standard InChI is InChI=1S/C20H24N4O3S/c1-12-18(14-7-9-24(12)10-8-14)23-19(26)15-3-5-16(6-4-15)28-17-11-21-20(27-17)22-13(2)25/h3-6,11-12,14,18H,7-10H2,1-2H3,(H,23,26)(H,21,22,25)/t12-,18-/m0/s1. The van der Waals surface area contributed by atoms with Crippen molar-refractivity contribution in [1.29, 1.82) is 0 Å². The van der Waals surface area contributed by atoms with Crippen molar-refractivity contribution in [1.82, 2.24) is 15.2 Å². The number of carbonyl (C=O) groups is 2. The molecular formula is C20H24N4O3S. The lowest BCUT2D eigenvalue weighted by molar-refractivity contribution is -0.114. The van der Waals surface area contributed by atoms with Crippen LogP contribution in [0.1, 0.15) is 37.0 Å². The average molecular weight is 401 g/mol. The van der Waals surface area contributed by atoms with Gasteiger partial charge in [0.2, 0.25) is 5.91 Å². The predicted molar refractivity (Wildman–Crippen MR) is 106 cm³/mol. The van der Waals surface area contributed by atoms with Gasteiger partial charge in [0.05, 0.1) is 6.20 Å². The van der Waals surface area contributed by atoms with Crippen LogP contribution < -0.4 is 10.6 Å². The number of rotatable bonds is 5. The molecule has 0 radical (unpaired) electrons. The van der Waals surface area contributed by atoms with E-state index in [1.54, 1.807) is 6.20 Å². The second kappa shape index (κ2) is 7.97. The van der Waals surface area contributed by atoms with Crippen LogP contribution in [0.15, 0.2) is 44.9 Å². The van der Waals surface area contributed by atoms with Crippen LogP contribution in [-0.2, 0) is 4.79 Å². The summed E-state index contributed by atoms with van der Waals surface area (Å²) in [7, 11) is 0. The third kappa shape index (κ3) is 4.07. The van der Waals surface area contributed by atoms with E-state index in [1.807, 2.05) is 24.3 Å². The van der Waals surface area contributed by atoms with Crippen molar-refractivity contribution in [2.24, 2.45) is 5.92 Å². The topological polar surface area (TPSA) is 87.5 Å². The van der Waals surface area contributed by atoms with Crippen LogP contribution in [0.5, 0.6) is 0 Å². The molecule has 0 saturated carbocycles. The fourth-order valence-corrected chi connectivity index (χ4v) is 4.82. The van der Waals surface area contributed by atoms with E-state index in [0.29, 0.717) is 22.6 Å². The summed E-state index contributed by atoms with van der Waals surface area (Å²) in [6.45, 7) is 5.91. The number of hydrogen-bond donors (Lipinski definition) is 2. The zero-order chi connectivity index (χ0) is 19.7. The zero-order valence-corrected chi connectivity index (χ0v) is 16.8. The highest BCUT2D eigenvalue weighted by Crippen LogP contribution is 2.33. The Balaban J connectivity index is 1.37. The highest BCUT2D eigenvalue weighted by atomic mass is 32.2. The molecule has 1 aromatic carbocycles. The van der Waals surface area contributed by atoms with E-state index in [-0.39, 0.29) is 23.9 Å². The van der Waals surface area contributed by atoms with Gasteiger partial charge in [0.1, 0.15) is 0 Å². The SMILES string of the molecule is CC(=O)Nc1ncc(Sc2ccc(C(=O)N[C@@H]3C4CCN(CC4)[C@H]3C)cc2)o1. The van der Waals surface area contributed by atoms with Gasteiger partial charge in [-0.25, -0.2) is 4.98 Å². The van der Waals surface area contributed by atoms with Crippen LogP contribution in [0.4, 0.5) is 6.01 Å². The summed E-state index contributed by atoms with van der Waals surface area (Å²) >= 11 is 1.38. The molecule has 4 heterocycles. The van der Waals surface area contributed by atoms with Crippen LogP contribution >= 0.6 is 11.8 Å². The second-order valence-corrected chi connectivity index (χ2v) is 8.48. The molecule has 3 saturated heterocycles. The second-order valence-electron chi connectivity index (χ2n) is 7.41. The van der Waals surface area contributed by atoms with Gasteiger partial charge in [-0.1, -0.05) is 11.8 Å². The van der Waals surface area contributed by atoms with Gasteiger partial charge in [0.25, 0.3) is 5.91 Å². The number of nitrogens with one attached hydrogen (secondary N) is 2. The van der Waals surface area contributed by atoms with Crippen molar-refractivity contribution >= 4 is 29.6 Å². The lowest BCUT2D eigenvalue weighted by atomic mass is 9.79. The summed E-state index contributed by atoms with van der Waals surface area (Å²) in [6.07, 6.45) is 3.90. The number of hydrogen-bond acceptors (Lipinski definition) is 6. The molecule has 0 unspecified atom stereocenters. The number of nitrogens with zero attached hydrogens (tertiary/aromatic N) is 2. The molecule has 5 rings (SSSR count). The fraction of sp³-hybridized carbons (Fsp3) is 0.450. The molecule has 2 aromatic rings. The maximum Gasteiger partial charge on any atom is 0.302 e. The molecular weight excluding hydrogens is 376 g/mol. The molecule has 3 aliphatic heterocycles. The lowest BCUT2D eigenvalue weighted by Crippen LogP contribution is -2.62. The smallest absolute Gasteiger partial charge is 0.302 e. The molecule has 2 amide bonds. The maximum atomic E-state index is 12.7. The first-order valence-electron chi connectivity index (χ1n) is 9.56. The van der Waals surface area contributed by atoms with Crippen LogP contribution in [0.2, 0.25) is 0 Å². The monoisotopic (exact) mass is 400 g/mol. The number of carbonyl (C=O) groups excluding carboxylic acids is 2. The Labute approximate surface area is 168 Å². The molecule has 3 aliphatic rings. The van der Waals surface area contributed by atoms with Gasteiger partial charge in [-0.15, -0.1) is 0 Å². The first-order chi connectivity index (χ1) is 13.5. The Kier molecular flexibility index (Phi) is 5.41. The van der Waals surface area contributed by atoms with Crippen molar-refractivity contribution in [3.8, 4) is 0 Å².